The Morgan fingerprint density at radius 2 is 1.55 bits per heavy atom. The molecule has 3 aromatic rings. The summed E-state index contributed by atoms with van der Waals surface area (Å²) in [4.78, 5) is 26.3. The number of aryl methyl sites for hydroxylation is 1. The molecule has 0 aliphatic heterocycles. The minimum absolute atomic E-state index is 0.133. The first kappa shape index (κ1) is 21.3. The molecule has 0 unspecified atom stereocenters. The Morgan fingerprint density at radius 1 is 0.839 bits per heavy atom. The van der Waals surface area contributed by atoms with Crippen molar-refractivity contribution in [2.24, 2.45) is 5.92 Å². The molecule has 0 heterocycles. The van der Waals surface area contributed by atoms with Gasteiger partial charge in [-0.05, 0) is 60.4 Å². The molecule has 0 aromatic heterocycles. The van der Waals surface area contributed by atoms with Crippen molar-refractivity contribution in [3.63, 3.8) is 0 Å². The molecular formula is C28H31NO2. The number of benzene rings is 3. The van der Waals surface area contributed by atoms with Crippen LogP contribution in [0.4, 0.5) is 0 Å². The van der Waals surface area contributed by atoms with E-state index < -0.39 is 0 Å². The van der Waals surface area contributed by atoms with E-state index in [1.807, 2.05) is 48.5 Å². The smallest absolute Gasteiger partial charge is 0.252 e. The molecule has 31 heavy (non-hydrogen) atoms. The average molecular weight is 414 g/mol. The normalized spacial score (nSPS) is 15.1. The molecule has 1 aliphatic rings. The number of unbranched alkanes of at least 4 members (excludes halogenated alkanes) is 1. The number of carbonyl (C=O) groups is 2. The van der Waals surface area contributed by atoms with Crippen molar-refractivity contribution < 1.29 is 9.59 Å². The van der Waals surface area contributed by atoms with Gasteiger partial charge in [0.2, 0.25) is 0 Å². The lowest BCUT2D eigenvalue weighted by Crippen LogP contribution is -2.45. The van der Waals surface area contributed by atoms with E-state index in [0.717, 1.165) is 55.7 Å². The molecule has 0 saturated heterocycles. The lowest BCUT2D eigenvalue weighted by Gasteiger charge is -2.24. The number of hydrogen-bond acceptors (Lipinski definition) is 2. The number of fused-ring (bicyclic) bond motifs is 1. The zero-order valence-corrected chi connectivity index (χ0v) is 18.1. The molecule has 0 bridgehead atoms. The number of ketones is 1. The molecule has 1 N–H and O–H groups in total. The van der Waals surface area contributed by atoms with Crippen LogP contribution in [0.2, 0.25) is 0 Å². The van der Waals surface area contributed by atoms with Crippen LogP contribution in [0.15, 0.2) is 72.8 Å². The van der Waals surface area contributed by atoms with E-state index in [9.17, 15) is 9.59 Å². The highest BCUT2D eigenvalue weighted by Gasteiger charge is 2.31. The maximum absolute atomic E-state index is 13.2. The standard InChI is InChI=1S/C28H31NO2/c30-26(20-9-4-13-21-11-2-1-3-12-21)27(23-15-5-6-16-23)29-28(31)25-19-10-17-22-14-7-8-18-24(22)25/h1-3,7-8,10-12,14,17-19,23,27H,4-6,9,13,15-16,20H2,(H,29,31)/t27-/m0/s1. The minimum atomic E-state index is -0.370. The van der Waals surface area contributed by atoms with Crippen molar-refractivity contribution in [2.75, 3.05) is 0 Å². The Bertz CT molecular complexity index is 1020. The Balaban J connectivity index is 1.41. The average Bonchev–Trinajstić information content (AvgIpc) is 3.35. The lowest BCUT2D eigenvalue weighted by atomic mass is 9.91. The largest absolute Gasteiger partial charge is 0.342 e. The second kappa shape index (κ2) is 10.4. The van der Waals surface area contributed by atoms with Crippen LogP contribution >= 0.6 is 0 Å². The van der Waals surface area contributed by atoms with E-state index in [0.29, 0.717) is 12.0 Å². The lowest BCUT2D eigenvalue weighted by molar-refractivity contribution is -0.122. The third-order valence-corrected chi connectivity index (χ3v) is 6.52. The number of Topliss-reactive ketones (excluding diaryl/α,β-unsaturated/α-hetero) is 1. The molecule has 1 aliphatic carbocycles. The Hall–Kier alpha value is -2.94. The molecular weight excluding hydrogens is 382 g/mol. The van der Waals surface area contributed by atoms with Crippen molar-refractivity contribution in [3.8, 4) is 0 Å². The van der Waals surface area contributed by atoms with Gasteiger partial charge in [-0.15, -0.1) is 0 Å². The SMILES string of the molecule is O=C(N[C@H](C(=O)CCCCc1ccccc1)C1CCCC1)c1cccc2ccccc12. The molecule has 1 fully saturated rings. The van der Waals surface area contributed by atoms with Crippen LogP contribution in [0.25, 0.3) is 10.8 Å². The van der Waals surface area contributed by atoms with Gasteiger partial charge in [0.1, 0.15) is 0 Å². The monoisotopic (exact) mass is 413 g/mol. The van der Waals surface area contributed by atoms with E-state index in [1.165, 1.54) is 5.56 Å². The zero-order chi connectivity index (χ0) is 21.5. The first-order valence-electron chi connectivity index (χ1n) is 11.6. The molecule has 3 nitrogen and oxygen atoms in total. The molecule has 0 radical (unpaired) electrons. The van der Waals surface area contributed by atoms with Crippen molar-refractivity contribution >= 4 is 22.5 Å². The number of hydrogen-bond donors (Lipinski definition) is 1. The Morgan fingerprint density at radius 3 is 2.35 bits per heavy atom. The van der Waals surface area contributed by atoms with Crippen molar-refractivity contribution in [1.82, 2.24) is 5.32 Å². The van der Waals surface area contributed by atoms with Crippen LogP contribution in [0.3, 0.4) is 0 Å². The number of carbonyl (C=O) groups excluding carboxylic acids is 2. The molecule has 3 heteroatoms. The van der Waals surface area contributed by atoms with E-state index in [-0.39, 0.29) is 23.7 Å². The van der Waals surface area contributed by atoms with E-state index >= 15 is 0 Å². The minimum Gasteiger partial charge on any atom is -0.342 e. The van der Waals surface area contributed by atoms with Crippen LogP contribution in [0, 0.1) is 5.92 Å². The van der Waals surface area contributed by atoms with E-state index in [2.05, 4.69) is 29.6 Å². The number of amides is 1. The van der Waals surface area contributed by atoms with Gasteiger partial charge in [0.05, 0.1) is 6.04 Å². The van der Waals surface area contributed by atoms with Gasteiger partial charge in [0, 0.05) is 12.0 Å². The fraction of sp³-hybridized carbons (Fsp3) is 0.357. The second-order valence-electron chi connectivity index (χ2n) is 8.68. The molecule has 3 aromatic carbocycles. The fourth-order valence-electron chi connectivity index (χ4n) is 4.82. The van der Waals surface area contributed by atoms with Crippen LogP contribution in [0.1, 0.15) is 60.9 Å². The predicted molar refractivity (Wildman–Crippen MR) is 126 cm³/mol. The van der Waals surface area contributed by atoms with Gasteiger partial charge in [-0.3, -0.25) is 9.59 Å². The Kier molecular flexibility index (Phi) is 7.14. The van der Waals surface area contributed by atoms with Crippen molar-refractivity contribution in [1.29, 1.82) is 0 Å². The second-order valence-corrected chi connectivity index (χ2v) is 8.68. The van der Waals surface area contributed by atoms with E-state index in [4.69, 9.17) is 0 Å². The number of nitrogens with one attached hydrogen (secondary N) is 1. The third kappa shape index (κ3) is 5.41. The molecule has 160 valence electrons. The zero-order valence-electron chi connectivity index (χ0n) is 18.1. The van der Waals surface area contributed by atoms with Gasteiger partial charge in [-0.25, -0.2) is 0 Å². The quantitative estimate of drug-likeness (QED) is 0.430. The topological polar surface area (TPSA) is 46.2 Å². The first-order valence-corrected chi connectivity index (χ1v) is 11.6. The summed E-state index contributed by atoms with van der Waals surface area (Å²) in [7, 11) is 0. The fourth-order valence-corrected chi connectivity index (χ4v) is 4.82. The first-order chi connectivity index (χ1) is 15.2. The molecule has 1 saturated carbocycles. The van der Waals surface area contributed by atoms with Gasteiger partial charge in [-0.1, -0.05) is 79.6 Å². The van der Waals surface area contributed by atoms with Crippen LogP contribution in [-0.2, 0) is 11.2 Å². The van der Waals surface area contributed by atoms with Crippen LogP contribution in [0.5, 0.6) is 0 Å². The summed E-state index contributed by atoms with van der Waals surface area (Å²) in [6.45, 7) is 0. The maximum atomic E-state index is 13.2. The molecule has 0 spiro atoms. The van der Waals surface area contributed by atoms with Crippen LogP contribution in [-0.4, -0.2) is 17.7 Å². The summed E-state index contributed by atoms with van der Waals surface area (Å²) in [6, 6.07) is 23.7. The van der Waals surface area contributed by atoms with Gasteiger partial charge in [-0.2, -0.15) is 0 Å². The van der Waals surface area contributed by atoms with Crippen LogP contribution < -0.4 is 5.32 Å². The van der Waals surface area contributed by atoms with Gasteiger partial charge in [0.25, 0.3) is 5.91 Å². The Labute approximate surface area is 184 Å². The summed E-state index contributed by atoms with van der Waals surface area (Å²) in [5.74, 6) is 0.320. The predicted octanol–water partition coefficient (Wildman–Crippen LogP) is 6.11. The van der Waals surface area contributed by atoms with Crippen molar-refractivity contribution in [3.05, 3.63) is 83.9 Å². The molecule has 1 atom stereocenters. The van der Waals surface area contributed by atoms with E-state index in [1.54, 1.807) is 0 Å². The summed E-state index contributed by atoms with van der Waals surface area (Å²) in [6.07, 6.45) is 7.71. The summed E-state index contributed by atoms with van der Waals surface area (Å²) < 4.78 is 0. The van der Waals surface area contributed by atoms with Gasteiger partial charge < -0.3 is 5.32 Å². The molecule has 1 amide bonds. The highest BCUT2D eigenvalue weighted by Crippen LogP contribution is 2.29. The summed E-state index contributed by atoms with van der Waals surface area (Å²) in [5.41, 5.74) is 1.96. The summed E-state index contributed by atoms with van der Waals surface area (Å²) in [5, 5.41) is 5.11. The van der Waals surface area contributed by atoms with Gasteiger partial charge in [0.15, 0.2) is 5.78 Å². The molecule has 4 rings (SSSR count). The number of rotatable bonds is 9. The summed E-state index contributed by atoms with van der Waals surface area (Å²) >= 11 is 0. The van der Waals surface area contributed by atoms with Crippen molar-refractivity contribution in [2.45, 2.75) is 57.4 Å². The highest BCUT2D eigenvalue weighted by atomic mass is 16.2. The van der Waals surface area contributed by atoms with Gasteiger partial charge >= 0.3 is 0 Å². The highest BCUT2D eigenvalue weighted by molar-refractivity contribution is 6.08. The maximum Gasteiger partial charge on any atom is 0.252 e. The third-order valence-electron chi connectivity index (χ3n) is 6.52.